The van der Waals surface area contributed by atoms with Crippen LogP contribution in [0.2, 0.25) is 0 Å². The first kappa shape index (κ1) is 17.4. The summed E-state index contributed by atoms with van der Waals surface area (Å²) in [6.45, 7) is 0.493. The highest BCUT2D eigenvalue weighted by Gasteiger charge is 2.34. The number of thiophene rings is 1. The van der Waals surface area contributed by atoms with Crippen molar-refractivity contribution in [1.29, 1.82) is 0 Å². The van der Waals surface area contributed by atoms with Crippen molar-refractivity contribution in [3.05, 3.63) is 47.1 Å². The van der Waals surface area contributed by atoms with E-state index >= 15 is 0 Å². The Kier molecular flexibility index (Phi) is 5.22. The number of alkyl halides is 3. The summed E-state index contributed by atoms with van der Waals surface area (Å²) in [5.74, 6) is -0.265. The average molecular weight is 358 g/mol. The Bertz CT molecular complexity index is 670. The number of nitrogens with one attached hydrogen (secondary N) is 1. The quantitative estimate of drug-likeness (QED) is 0.803. The van der Waals surface area contributed by atoms with Crippen molar-refractivity contribution in [3.63, 3.8) is 0 Å². The van der Waals surface area contributed by atoms with Gasteiger partial charge in [-0.1, -0.05) is 12.1 Å². The Hall–Kier alpha value is -1.44. The predicted molar refractivity (Wildman–Crippen MR) is 87.5 cm³/mol. The Balaban J connectivity index is 1.57. The second-order valence-electron chi connectivity index (χ2n) is 6.01. The lowest BCUT2D eigenvalue weighted by molar-refractivity contribution is -0.143. The van der Waals surface area contributed by atoms with Gasteiger partial charge in [0.25, 0.3) is 0 Å². The van der Waals surface area contributed by atoms with Crippen molar-refractivity contribution in [2.24, 2.45) is 0 Å². The molecule has 2 aromatic rings. The second-order valence-corrected chi connectivity index (χ2v) is 6.96. The van der Waals surface area contributed by atoms with E-state index in [1.165, 1.54) is 22.3 Å². The average Bonchev–Trinajstić information content (AvgIpc) is 3.16. The van der Waals surface area contributed by atoms with E-state index in [0.29, 0.717) is 31.6 Å². The standard InChI is InChI=1S/C17H18F4N2S/c18-15-4-3-12(8-14(15)16-2-1-7-24-16)9-22-13-5-6-23(10-13)11-17(19,20)21/h1-4,7-8,13,22H,5-6,9-11H2/t13-/m0/s1. The van der Waals surface area contributed by atoms with Crippen LogP contribution in [0, 0.1) is 5.82 Å². The lowest BCUT2D eigenvalue weighted by Gasteiger charge is -2.18. The lowest BCUT2D eigenvalue weighted by Crippen LogP contribution is -2.36. The van der Waals surface area contributed by atoms with Gasteiger partial charge in [-0.25, -0.2) is 4.39 Å². The van der Waals surface area contributed by atoms with Crippen LogP contribution in [0.25, 0.3) is 10.4 Å². The predicted octanol–water partition coefficient (Wildman–Crippen LogP) is 4.28. The monoisotopic (exact) mass is 358 g/mol. The normalized spacial score (nSPS) is 19.1. The molecule has 1 saturated heterocycles. The molecular weight excluding hydrogens is 340 g/mol. The van der Waals surface area contributed by atoms with Gasteiger partial charge in [0.1, 0.15) is 5.82 Å². The highest BCUT2D eigenvalue weighted by Crippen LogP contribution is 2.28. The topological polar surface area (TPSA) is 15.3 Å². The van der Waals surface area contributed by atoms with Gasteiger partial charge < -0.3 is 5.32 Å². The van der Waals surface area contributed by atoms with Crippen LogP contribution in [0.3, 0.4) is 0 Å². The van der Waals surface area contributed by atoms with Gasteiger partial charge in [0.2, 0.25) is 0 Å². The summed E-state index contributed by atoms with van der Waals surface area (Å²) >= 11 is 1.47. The number of nitrogens with zero attached hydrogens (tertiary/aromatic N) is 1. The second kappa shape index (κ2) is 7.21. The molecule has 1 N–H and O–H groups in total. The molecule has 1 aliphatic rings. The molecule has 0 bridgehead atoms. The molecule has 3 rings (SSSR count). The fourth-order valence-electron chi connectivity index (χ4n) is 2.96. The van der Waals surface area contributed by atoms with Gasteiger partial charge in [-0.05, 0) is 35.6 Å². The van der Waals surface area contributed by atoms with Gasteiger partial charge in [0.05, 0.1) is 6.54 Å². The Morgan fingerprint density at radius 2 is 2.08 bits per heavy atom. The molecule has 7 heteroatoms. The van der Waals surface area contributed by atoms with E-state index in [9.17, 15) is 17.6 Å². The number of hydrogen-bond acceptors (Lipinski definition) is 3. The molecule has 0 unspecified atom stereocenters. The smallest absolute Gasteiger partial charge is 0.309 e. The fourth-order valence-corrected chi connectivity index (χ4v) is 3.71. The number of hydrogen-bond donors (Lipinski definition) is 1. The highest BCUT2D eigenvalue weighted by molar-refractivity contribution is 7.13. The number of halogens is 4. The van der Waals surface area contributed by atoms with E-state index < -0.39 is 12.7 Å². The zero-order valence-electron chi connectivity index (χ0n) is 12.9. The van der Waals surface area contributed by atoms with E-state index in [0.717, 1.165) is 10.4 Å². The van der Waals surface area contributed by atoms with Crippen molar-refractivity contribution in [1.82, 2.24) is 10.2 Å². The zero-order chi connectivity index (χ0) is 17.2. The van der Waals surface area contributed by atoms with Gasteiger partial charge in [-0.3, -0.25) is 4.90 Å². The van der Waals surface area contributed by atoms with E-state index in [1.807, 2.05) is 17.5 Å². The fraction of sp³-hybridized carbons (Fsp3) is 0.412. The Morgan fingerprint density at radius 1 is 1.25 bits per heavy atom. The third-order valence-corrected chi connectivity index (χ3v) is 4.99. The van der Waals surface area contributed by atoms with Gasteiger partial charge in [-0.2, -0.15) is 13.2 Å². The van der Waals surface area contributed by atoms with E-state index in [1.54, 1.807) is 12.1 Å². The van der Waals surface area contributed by atoms with Crippen molar-refractivity contribution in [3.8, 4) is 10.4 Å². The van der Waals surface area contributed by atoms with Crippen LogP contribution in [-0.2, 0) is 6.54 Å². The summed E-state index contributed by atoms with van der Waals surface area (Å²) in [5, 5.41) is 5.17. The minimum atomic E-state index is -4.15. The minimum Gasteiger partial charge on any atom is -0.309 e. The largest absolute Gasteiger partial charge is 0.401 e. The molecule has 2 nitrogen and oxygen atoms in total. The van der Waals surface area contributed by atoms with Crippen LogP contribution in [0.15, 0.2) is 35.7 Å². The maximum atomic E-state index is 14.0. The van der Waals surface area contributed by atoms with Crippen LogP contribution in [0.1, 0.15) is 12.0 Å². The summed E-state index contributed by atoms with van der Waals surface area (Å²) in [5.41, 5.74) is 1.49. The highest BCUT2D eigenvalue weighted by atomic mass is 32.1. The van der Waals surface area contributed by atoms with Crippen LogP contribution >= 0.6 is 11.3 Å². The molecule has 1 aliphatic heterocycles. The van der Waals surface area contributed by atoms with E-state index in [-0.39, 0.29) is 11.9 Å². The number of likely N-dealkylation sites (tertiary alicyclic amines) is 1. The molecule has 24 heavy (non-hydrogen) atoms. The molecule has 0 radical (unpaired) electrons. The molecular formula is C17H18F4N2S. The molecule has 130 valence electrons. The molecule has 1 fully saturated rings. The summed E-state index contributed by atoms with van der Waals surface area (Å²) in [7, 11) is 0. The van der Waals surface area contributed by atoms with Crippen LogP contribution in [0.4, 0.5) is 17.6 Å². The first-order valence-electron chi connectivity index (χ1n) is 7.75. The van der Waals surface area contributed by atoms with Crippen LogP contribution < -0.4 is 5.32 Å². The summed E-state index contributed by atoms with van der Waals surface area (Å²) < 4.78 is 51.2. The van der Waals surface area contributed by atoms with Crippen molar-refractivity contribution in [2.75, 3.05) is 19.6 Å². The van der Waals surface area contributed by atoms with Crippen LogP contribution in [0.5, 0.6) is 0 Å². The third-order valence-electron chi connectivity index (χ3n) is 4.09. The van der Waals surface area contributed by atoms with Gasteiger partial charge in [0.15, 0.2) is 0 Å². The minimum absolute atomic E-state index is 0.0302. The van der Waals surface area contributed by atoms with Gasteiger partial charge >= 0.3 is 6.18 Å². The molecule has 1 aromatic carbocycles. The van der Waals surface area contributed by atoms with Gasteiger partial charge in [-0.15, -0.1) is 11.3 Å². The molecule has 1 atom stereocenters. The molecule has 0 amide bonds. The molecule has 2 heterocycles. The van der Waals surface area contributed by atoms with E-state index in [4.69, 9.17) is 0 Å². The lowest BCUT2D eigenvalue weighted by atomic mass is 10.1. The zero-order valence-corrected chi connectivity index (χ0v) is 13.8. The summed E-state index contributed by atoms with van der Waals surface area (Å²) in [4.78, 5) is 2.28. The third kappa shape index (κ3) is 4.55. The maximum Gasteiger partial charge on any atom is 0.401 e. The maximum absolute atomic E-state index is 14.0. The number of rotatable bonds is 5. The molecule has 1 aromatic heterocycles. The molecule has 0 spiro atoms. The number of benzene rings is 1. The Morgan fingerprint density at radius 3 is 2.79 bits per heavy atom. The first-order chi connectivity index (χ1) is 11.4. The Labute approximate surface area is 142 Å². The first-order valence-corrected chi connectivity index (χ1v) is 8.63. The van der Waals surface area contributed by atoms with Crippen molar-refractivity contribution < 1.29 is 17.6 Å². The van der Waals surface area contributed by atoms with Crippen molar-refractivity contribution in [2.45, 2.75) is 25.2 Å². The van der Waals surface area contributed by atoms with Gasteiger partial charge in [0, 0.05) is 36.1 Å². The summed E-state index contributed by atoms with van der Waals surface area (Å²) in [6, 6.07) is 8.72. The SMILES string of the molecule is Fc1ccc(CN[C@H]2CCN(CC(F)(F)F)C2)cc1-c1cccs1. The van der Waals surface area contributed by atoms with E-state index in [2.05, 4.69) is 5.32 Å². The van der Waals surface area contributed by atoms with Crippen LogP contribution in [-0.4, -0.2) is 36.8 Å². The molecule has 0 saturated carbocycles. The van der Waals surface area contributed by atoms with Crippen molar-refractivity contribution >= 4 is 11.3 Å². The summed E-state index contributed by atoms with van der Waals surface area (Å²) in [6.07, 6.45) is -3.46. The molecule has 0 aliphatic carbocycles.